The van der Waals surface area contributed by atoms with Crippen LogP contribution in [-0.2, 0) is 10.0 Å². The molecule has 0 aliphatic carbocycles. The average Bonchev–Trinajstić information content (AvgIpc) is 2.47. The van der Waals surface area contributed by atoms with Crippen LogP contribution in [0.4, 0.5) is 0 Å². The van der Waals surface area contributed by atoms with Gasteiger partial charge < -0.3 is 5.32 Å². The van der Waals surface area contributed by atoms with E-state index in [1.807, 2.05) is 6.07 Å². The molecule has 7 heteroatoms. The highest BCUT2D eigenvalue weighted by atomic mass is 32.2. The lowest BCUT2D eigenvalue weighted by molar-refractivity contribution is 0.101. The Balaban J connectivity index is 2.42. The first kappa shape index (κ1) is 14.7. The summed E-state index contributed by atoms with van der Waals surface area (Å²) in [6.45, 7) is 2.44. The summed E-state index contributed by atoms with van der Waals surface area (Å²) in [4.78, 5) is 11.4. The quantitative estimate of drug-likeness (QED) is 0.813. The van der Waals surface area contributed by atoms with Crippen LogP contribution in [0.5, 0.6) is 0 Å². The molecule has 1 unspecified atom stereocenters. The number of ketones is 1. The minimum Gasteiger partial charge on any atom is -0.313 e. The lowest BCUT2D eigenvalue weighted by atomic mass is 10.2. The molecule has 0 bridgehead atoms. The van der Waals surface area contributed by atoms with Crippen molar-refractivity contribution in [1.82, 2.24) is 9.62 Å². The van der Waals surface area contributed by atoms with E-state index >= 15 is 0 Å². The summed E-state index contributed by atoms with van der Waals surface area (Å²) in [7, 11) is -3.76. The van der Waals surface area contributed by atoms with E-state index in [-0.39, 0.29) is 17.2 Å². The summed E-state index contributed by atoms with van der Waals surface area (Å²) >= 11 is 0. The van der Waals surface area contributed by atoms with E-state index in [1.165, 1.54) is 29.4 Å². The van der Waals surface area contributed by atoms with Crippen molar-refractivity contribution in [2.24, 2.45) is 0 Å². The molecule has 1 atom stereocenters. The van der Waals surface area contributed by atoms with Gasteiger partial charge in [0.2, 0.25) is 10.0 Å². The number of nitrogens with zero attached hydrogens (tertiary/aromatic N) is 2. The molecule has 2 rings (SSSR count). The number of piperazine rings is 1. The van der Waals surface area contributed by atoms with Crippen LogP contribution in [0.15, 0.2) is 29.2 Å². The number of Topliss-reactive ketones (excluding diaryl/α,β-unsaturated/α-hetero) is 1. The van der Waals surface area contributed by atoms with Crippen molar-refractivity contribution in [2.45, 2.75) is 17.9 Å². The van der Waals surface area contributed by atoms with Crippen molar-refractivity contribution >= 4 is 15.8 Å². The van der Waals surface area contributed by atoms with E-state index in [9.17, 15) is 13.2 Å². The molecular formula is C13H15N3O3S. The van der Waals surface area contributed by atoms with E-state index in [2.05, 4.69) is 5.32 Å². The molecule has 20 heavy (non-hydrogen) atoms. The Kier molecular flexibility index (Phi) is 4.18. The standard InChI is InChI=1S/C13H15N3O3S/c1-10(17)11-3-2-4-13(7-11)20(18,19)16-6-5-15-9-12(16)8-14/h2-4,7,12,15H,5-6,9H2,1H3. The third kappa shape index (κ3) is 2.72. The van der Waals surface area contributed by atoms with Gasteiger partial charge in [0.25, 0.3) is 0 Å². The Hall–Kier alpha value is -1.75. The molecular weight excluding hydrogens is 278 g/mol. The van der Waals surface area contributed by atoms with Gasteiger partial charge in [-0.05, 0) is 19.1 Å². The highest BCUT2D eigenvalue weighted by Crippen LogP contribution is 2.20. The van der Waals surface area contributed by atoms with Crippen molar-refractivity contribution in [2.75, 3.05) is 19.6 Å². The topological polar surface area (TPSA) is 90.3 Å². The first-order chi connectivity index (χ1) is 9.46. The molecule has 1 heterocycles. The number of benzene rings is 1. The number of rotatable bonds is 3. The highest BCUT2D eigenvalue weighted by Gasteiger charge is 2.33. The molecule has 0 aromatic heterocycles. The summed E-state index contributed by atoms with van der Waals surface area (Å²) < 4.78 is 26.3. The SMILES string of the molecule is CC(=O)c1cccc(S(=O)(=O)N2CCNCC2C#N)c1. The number of nitriles is 1. The Morgan fingerprint density at radius 2 is 2.25 bits per heavy atom. The molecule has 0 radical (unpaired) electrons. The van der Waals surface area contributed by atoms with Gasteiger partial charge in [0, 0.05) is 25.2 Å². The maximum absolute atomic E-state index is 12.6. The van der Waals surface area contributed by atoms with E-state index in [1.54, 1.807) is 6.07 Å². The second kappa shape index (κ2) is 5.71. The normalized spacial score (nSPS) is 20.3. The number of carbonyl (C=O) groups excluding carboxylic acids is 1. The first-order valence-corrected chi connectivity index (χ1v) is 7.64. The van der Waals surface area contributed by atoms with E-state index in [4.69, 9.17) is 5.26 Å². The Morgan fingerprint density at radius 1 is 1.50 bits per heavy atom. The van der Waals surface area contributed by atoms with E-state index in [0.717, 1.165) is 0 Å². The number of sulfonamides is 1. The van der Waals surface area contributed by atoms with Gasteiger partial charge in [-0.25, -0.2) is 8.42 Å². The predicted molar refractivity (Wildman–Crippen MR) is 72.6 cm³/mol. The zero-order valence-corrected chi connectivity index (χ0v) is 11.9. The lowest BCUT2D eigenvalue weighted by Gasteiger charge is -2.30. The second-order valence-corrected chi connectivity index (χ2v) is 6.44. The van der Waals surface area contributed by atoms with Crippen LogP contribution in [0.3, 0.4) is 0 Å². The summed E-state index contributed by atoms with van der Waals surface area (Å²) in [6, 6.07) is 7.16. The van der Waals surface area contributed by atoms with Crippen molar-refractivity contribution in [3.63, 3.8) is 0 Å². The third-order valence-corrected chi connectivity index (χ3v) is 5.09. The molecule has 0 amide bonds. The fourth-order valence-electron chi connectivity index (χ4n) is 2.09. The Bertz CT molecular complexity index is 664. The largest absolute Gasteiger partial charge is 0.313 e. The Morgan fingerprint density at radius 3 is 2.90 bits per heavy atom. The average molecular weight is 293 g/mol. The van der Waals surface area contributed by atoms with Gasteiger partial charge in [0.15, 0.2) is 5.78 Å². The van der Waals surface area contributed by atoms with Gasteiger partial charge in [-0.3, -0.25) is 4.79 Å². The molecule has 1 fully saturated rings. The summed E-state index contributed by atoms with van der Waals surface area (Å²) in [5.41, 5.74) is 0.342. The summed E-state index contributed by atoms with van der Waals surface area (Å²) in [5.74, 6) is -0.195. The van der Waals surface area contributed by atoms with Crippen molar-refractivity contribution < 1.29 is 13.2 Å². The van der Waals surface area contributed by atoms with Gasteiger partial charge in [-0.2, -0.15) is 9.57 Å². The molecule has 1 aromatic carbocycles. The van der Waals surface area contributed by atoms with Crippen LogP contribution < -0.4 is 5.32 Å². The van der Waals surface area contributed by atoms with E-state index in [0.29, 0.717) is 18.7 Å². The lowest BCUT2D eigenvalue weighted by Crippen LogP contribution is -2.52. The Labute approximate surface area is 118 Å². The maximum Gasteiger partial charge on any atom is 0.244 e. The van der Waals surface area contributed by atoms with Gasteiger partial charge in [0.05, 0.1) is 11.0 Å². The molecule has 1 aliphatic heterocycles. The molecule has 1 aliphatic rings. The van der Waals surface area contributed by atoms with Gasteiger partial charge in [-0.15, -0.1) is 0 Å². The molecule has 106 valence electrons. The third-order valence-electron chi connectivity index (χ3n) is 3.19. The molecule has 0 spiro atoms. The monoisotopic (exact) mass is 293 g/mol. The van der Waals surface area contributed by atoms with Crippen LogP contribution in [0.2, 0.25) is 0 Å². The highest BCUT2D eigenvalue weighted by molar-refractivity contribution is 7.89. The van der Waals surface area contributed by atoms with E-state index < -0.39 is 16.1 Å². The predicted octanol–water partition coefficient (Wildman–Crippen LogP) is 0.375. The maximum atomic E-state index is 12.6. The van der Waals surface area contributed by atoms with Crippen molar-refractivity contribution in [3.8, 4) is 6.07 Å². The van der Waals surface area contributed by atoms with Crippen LogP contribution in [-0.4, -0.2) is 44.2 Å². The smallest absolute Gasteiger partial charge is 0.244 e. The first-order valence-electron chi connectivity index (χ1n) is 6.20. The van der Waals surface area contributed by atoms with Crippen molar-refractivity contribution in [3.05, 3.63) is 29.8 Å². The van der Waals surface area contributed by atoms with Crippen LogP contribution in [0, 0.1) is 11.3 Å². The molecule has 1 N–H and O–H groups in total. The van der Waals surface area contributed by atoms with Crippen LogP contribution >= 0.6 is 0 Å². The zero-order valence-electron chi connectivity index (χ0n) is 11.0. The molecule has 6 nitrogen and oxygen atoms in total. The van der Waals surface area contributed by atoms with Gasteiger partial charge in [-0.1, -0.05) is 12.1 Å². The van der Waals surface area contributed by atoms with Crippen LogP contribution in [0.25, 0.3) is 0 Å². The summed E-state index contributed by atoms with van der Waals surface area (Å²) in [6.07, 6.45) is 0. The van der Waals surface area contributed by atoms with Gasteiger partial charge in [0.1, 0.15) is 6.04 Å². The molecule has 1 aromatic rings. The fraction of sp³-hybridized carbons (Fsp3) is 0.385. The van der Waals surface area contributed by atoms with Crippen LogP contribution in [0.1, 0.15) is 17.3 Å². The van der Waals surface area contributed by atoms with Gasteiger partial charge >= 0.3 is 0 Å². The van der Waals surface area contributed by atoms with Crippen molar-refractivity contribution in [1.29, 1.82) is 5.26 Å². The second-order valence-electron chi connectivity index (χ2n) is 4.55. The fourth-order valence-corrected chi connectivity index (χ4v) is 3.68. The minimum absolute atomic E-state index is 0.0485. The zero-order chi connectivity index (χ0) is 14.8. The minimum atomic E-state index is -3.76. The number of nitrogens with one attached hydrogen (secondary N) is 1. The number of hydrogen-bond donors (Lipinski definition) is 1. The summed E-state index contributed by atoms with van der Waals surface area (Å²) in [5, 5.41) is 12.1. The number of carbonyl (C=O) groups is 1. The molecule has 0 saturated carbocycles. The molecule has 1 saturated heterocycles. The number of hydrogen-bond acceptors (Lipinski definition) is 5.